The molecule has 110 valence electrons. The average molecular weight is 293 g/mol. The van der Waals surface area contributed by atoms with Gasteiger partial charge in [0.25, 0.3) is 0 Å². The van der Waals surface area contributed by atoms with E-state index in [1.165, 1.54) is 17.7 Å². The molecule has 2 saturated heterocycles. The summed E-state index contributed by atoms with van der Waals surface area (Å²) in [5, 5.41) is 0. The molecule has 0 amide bonds. The SMILES string of the molecule is NNC(Cc1cccnc1)C1CCOC2(CCSC2)C1. The highest BCUT2D eigenvalue weighted by molar-refractivity contribution is 7.99. The highest BCUT2D eigenvalue weighted by Crippen LogP contribution is 2.41. The molecule has 2 aliphatic rings. The van der Waals surface area contributed by atoms with Crippen LogP contribution >= 0.6 is 11.8 Å². The van der Waals surface area contributed by atoms with Gasteiger partial charge in [-0.15, -0.1) is 0 Å². The molecule has 1 spiro atoms. The first-order chi connectivity index (χ1) is 9.81. The van der Waals surface area contributed by atoms with Crippen molar-refractivity contribution in [3.05, 3.63) is 30.1 Å². The topological polar surface area (TPSA) is 60.2 Å². The van der Waals surface area contributed by atoms with E-state index >= 15 is 0 Å². The van der Waals surface area contributed by atoms with Crippen molar-refractivity contribution in [2.75, 3.05) is 18.1 Å². The van der Waals surface area contributed by atoms with Crippen LogP contribution in [-0.4, -0.2) is 34.7 Å². The first kappa shape index (κ1) is 14.3. The molecule has 20 heavy (non-hydrogen) atoms. The number of nitrogens with one attached hydrogen (secondary N) is 1. The van der Waals surface area contributed by atoms with Crippen LogP contribution in [0.5, 0.6) is 0 Å². The molecule has 0 radical (unpaired) electrons. The smallest absolute Gasteiger partial charge is 0.0783 e. The maximum absolute atomic E-state index is 6.10. The van der Waals surface area contributed by atoms with E-state index < -0.39 is 0 Å². The van der Waals surface area contributed by atoms with Gasteiger partial charge in [-0.05, 0) is 49.0 Å². The largest absolute Gasteiger partial charge is 0.374 e. The number of nitrogens with zero attached hydrogens (tertiary/aromatic N) is 1. The Hall–Kier alpha value is -0.620. The number of hydrogen-bond acceptors (Lipinski definition) is 5. The van der Waals surface area contributed by atoms with Gasteiger partial charge in [0, 0.05) is 30.8 Å². The molecule has 5 heteroatoms. The summed E-state index contributed by atoms with van der Waals surface area (Å²) in [5.41, 5.74) is 4.41. The van der Waals surface area contributed by atoms with Crippen molar-refractivity contribution >= 4 is 11.8 Å². The normalized spacial score (nSPS) is 31.6. The van der Waals surface area contributed by atoms with Gasteiger partial charge in [0.15, 0.2) is 0 Å². The van der Waals surface area contributed by atoms with E-state index in [1.807, 2.05) is 30.2 Å². The summed E-state index contributed by atoms with van der Waals surface area (Å²) >= 11 is 2.02. The quantitative estimate of drug-likeness (QED) is 0.654. The summed E-state index contributed by atoms with van der Waals surface area (Å²) in [4.78, 5) is 4.19. The highest BCUT2D eigenvalue weighted by atomic mass is 32.2. The van der Waals surface area contributed by atoms with Gasteiger partial charge < -0.3 is 4.74 Å². The minimum absolute atomic E-state index is 0.123. The van der Waals surface area contributed by atoms with E-state index in [9.17, 15) is 0 Å². The molecule has 3 N–H and O–H groups in total. The minimum Gasteiger partial charge on any atom is -0.374 e. The van der Waals surface area contributed by atoms with Crippen LogP contribution in [0.3, 0.4) is 0 Å². The molecule has 0 aromatic carbocycles. The Labute approximate surface area is 124 Å². The summed E-state index contributed by atoms with van der Waals surface area (Å²) in [6.45, 7) is 0.871. The number of ether oxygens (including phenoxy) is 1. The maximum Gasteiger partial charge on any atom is 0.0783 e. The number of hydrazine groups is 1. The highest BCUT2D eigenvalue weighted by Gasteiger charge is 2.42. The molecule has 2 fully saturated rings. The van der Waals surface area contributed by atoms with Crippen molar-refractivity contribution in [3.8, 4) is 0 Å². The van der Waals surface area contributed by atoms with Crippen LogP contribution in [0.4, 0.5) is 0 Å². The summed E-state index contributed by atoms with van der Waals surface area (Å²) in [7, 11) is 0. The Morgan fingerprint density at radius 1 is 1.60 bits per heavy atom. The van der Waals surface area contributed by atoms with Gasteiger partial charge in [-0.25, -0.2) is 0 Å². The molecule has 0 bridgehead atoms. The first-order valence-electron chi connectivity index (χ1n) is 7.38. The second kappa shape index (κ2) is 6.43. The zero-order valence-corrected chi connectivity index (χ0v) is 12.6. The average Bonchev–Trinajstić information content (AvgIpc) is 2.93. The van der Waals surface area contributed by atoms with Gasteiger partial charge in [-0.2, -0.15) is 11.8 Å². The zero-order valence-electron chi connectivity index (χ0n) is 11.8. The molecule has 1 aromatic rings. The lowest BCUT2D eigenvalue weighted by Crippen LogP contribution is -2.49. The summed E-state index contributed by atoms with van der Waals surface area (Å²) < 4.78 is 6.10. The Kier molecular flexibility index (Phi) is 4.61. The third-order valence-electron chi connectivity index (χ3n) is 4.56. The van der Waals surface area contributed by atoms with Crippen molar-refractivity contribution in [2.24, 2.45) is 11.8 Å². The maximum atomic E-state index is 6.10. The van der Waals surface area contributed by atoms with Gasteiger partial charge in [-0.1, -0.05) is 6.07 Å². The van der Waals surface area contributed by atoms with Gasteiger partial charge in [0.05, 0.1) is 5.60 Å². The second-order valence-electron chi connectivity index (χ2n) is 5.93. The number of pyridine rings is 1. The fourth-order valence-electron chi connectivity index (χ4n) is 3.41. The van der Waals surface area contributed by atoms with Crippen LogP contribution in [0.2, 0.25) is 0 Å². The van der Waals surface area contributed by atoms with E-state index in [-0.39, 0.29) is 5.60 Å². The zero-order chi connectivity index (χ0) is 13.8. The third kappa shape index (κ3) is 3.17. The van der Waals surface area contributed by atoms with Crippen LogP contribution in [0, 0.1) is 5.92 Å². The third-order valence-corrected chi connectivity index (χ3v) is 5.78. The standard InChI is InChI=1S/C15H23N3OS/c16-18-14(8-12-2-1-5-17-10-12)13-3-6-19-15(9-13)4-7-20-11-15/h1-2,5,10,13-14,18H,3-4,6-9,11,16H2. The van der Waals surface area contributed by atoms with Gasteiger partial charge >= 0.3 is 0 Å². The molecule has 3 atom stereocenters. The molecule has 3 unspecified atom stereocenters. The van der Waals surface area contributed by atoms with Crippen molar-refractivity contribution in [1.82, 2.24) is 10.4 Å². The second-order valence-corrected chi connectivity index (χ2v) is 7.03. The van der Waals surface area contributed by atoms with Gasteiger partial charge in [0.1, 0.15) is 0 Å². The molecule has 0 aliphatic carbocycles. The first-order valence-corrected chi connectivity index (χ1v) is 8.53. The van der Waals surface area contributed by atoms with E-state index in [0.717, 1.165) is 31.6 Å². The Morgan fingerprint density at radius 3 is 3.25 bits per heavy atom. The Bertz CT molecular complexity index is 422. The van der Waals surface area contributed by atoms with Crippen LogP contribution < -0.4 is 11.3 Å². The predicted molar refractivity (Wildman–Crippen MR) is 82.4 cm³/mol. The van der Waals surface area contributed by atoms with Crippen molar-refractivity contribution in [1.29, 1.82) is 0 Å². The molecule has 1 aromatic heterocycles. The van der Waals surface area contributed by atoms with Crippen LogP contribution in [0.1, 0.15) is 24.8 Å². The summed E-state index contributed by atoms with van der Waals surface area (Å²) in [6.07, 6.45) is 8.12. The van der Waals surface area contributed by atoms with Crippen LogP contribution in [0.15, 0.2) is 24.5 Å². The van der Waals surface area contributed by atoms with E-state index in [4.69, 9.17) is 10.6 Å². The van der Waals surface area contributed by atoms with E-state index in [2.05, 4.69) is 16.5 Å². The fourth-order valence-corrected chi connectivity index (χ4v) is 4.79. The molecular formula is C15H23N3OS. The van der Waals surface area contributed by atoms with Gasteiger partial charge in [0.2, 0.25) is 0 Å². The Morgan fingerprint density at radius 2 is 2.55 bits per heavy atom. The summed E-state index contributed by atoms with van der Waals surface area (Å²) in [6, 6.07) is 4.42. The molecule has 3 rings (SSSR count). The number of aromatic nitrogens is 1. The molecule has 3 heterocycles. The van der Waals surface area contributed by atoms with Crippen molar-refractivity contribution in [3.63, 3.8) is 0 Å². The predicted octanol–water partition coefficient (Wildman–Crippen LogP) is 1.76. The van der Waals surface area contributed by atoms with Crippen LogP contribution in [-0.2, 0) is 11.2 Å². The number of hydrogen-bond donors (Lipinski definition) is 2. The number of nitrogens with two attached hydrogens (primary N) is 1. The Balaban J connectivity index is 1.66. The van der Waals surface area contributed by atoms with E-state index in [1.54, 1.807) is 0 Å². The summed E-state index contributed by atoms with van der Waals surface area (Å²) in [5.74, 6) is 8.79. The lowest BCUT2D eigenvalue weighted by atomic mass is 9.80. The molecule has 2 aliphatic heterocycles. The number of rotatable bonds is 4. The van der Waals surface area contributed by atoms with Crippen LogP contribution in [0.25, 0.3) is 0 Å². The molecular weight excluding hydrogens is 270 g/mol. The molecule has 4 nitrogen and oxygen atoms in total. The van der Waals surface area contributed by atoms with E-state index in [0.29, 0.717) is 12.0 Å². The molecule has 0 saturated carbocycles. The monoisotopic (exact) mass is 293 g/mol. The number of thioether (sulfide) groups is 1. The minimum atomic E-state index is 0.123. The lowest BCUT2D eigenvalue weighted by Gasteiger charge is -2.40. The fraction of sp³-hybridized carbons (Fsp3) is 0.667. The lowest BCUT2D eigenvalue weighted by molar-refractivity contribution is -0.0850. The van der Waals surface area contributed by atoms with Gasteiger partial charge in [-0.3, -0.25) is 16.3 Å². The van der Waals surface area contributed by atoms with Crippen molar-refractivity contribution < 1.29 is 4.74 Å². The van der Waals surface area contributed by atoms with Crippen molar-refractivity contribution in [2.45, 2.75) is 37.3 Å².